The lowest BCUT2D eigenvalue weighted by molar-refractivity contribution is -0.308. The number of hydrogen-bond donors (Lipinski definition) is 0. The molecule has 0 saturated carbocycles. The molecule has 0 N–H and O–H groups in total. The largest absolute Gasteiger partial charge is 0.434 e. The van der Waals surface area contributed by atoms with Crippen molar-refractivity contribution >= 4 is 23.4 Å². The van der Waals surface area contributed by atoms with Crippen LogP contribution >= 0.6 is 11.6 Å². The molecule has 1 amide bonds. The van der Waals surface area contributed by atoms with Crippen LogP contribution in [0.5, 0.6) is 0 Å². The van der Waals surface area contributed by atoms with Gasteiger partial charge in [-0.25, -0.2) is 4.79 Å². The van der Waals surface area contributed by atoms with Gasteiger partial charge in [-0.1, -0.05) is 11.6 Å². The van der Waals surface area contributed by atoms with Crippen LogP contribution < -0.4 is 4.90 Å². The van der Waals surface area contributed by atoms with Crippen molar-refractivity contribution in [2.45, 2.75) is 25.0 Å². The molecule has 32 heavy (non-hydrogen) atoms. The van der Waals surface area contributed by atoms with E-state index in [1.165, 1.54) is 0 Å². The number of benzene rings is 1. The molecular weight excluding hydrogens is 468 g/mol. The van der Waals surface area contributed by atoms with E-state index in [-0.39, 0.29) is 26.2 Å². The summed E-state index contributed by atoms with van der Waals surface area (Å²) in [7, 11) is 0. The number of nitrogens with zero attached hydrogens (tertiary/aromatic N) is 3. The fraction of sp³-hybridized carbons (Fsp3) is 0.632. The van der Waals surface area contributed by atoms with E-state index in [9.17, 15) is 31.1 Å². The fourth-order valence-electron chi connectivity index (χ4n) is 3.62. The van der Waals surface area contributed by atoms with Crippen molar-refractivity contribution in [3.05, 3.63) is 28.8 Å². The molecule has 2 fully saturated rings. The Morgan fingerprint density at radius 3 is 2.16 bits per heavy atom. The summed E-state index contributed by atoms with van der Waals surface area (Å²) in [5, 5.41) is 0.546. The zero-order valence-corrected chi connectivity index (χ0v) is 17.6. The van der Waals surface area contributed by atoms with Crippen molar-refractivity contribution in [3.8, 4) is 0 Å². The molecule has 0 bridgehead atoms. The van der Waals surface area contributed by atoms with Crippen LogP contribution in [0.15, 0.2) is 18.2 Å². The van der Waals surface area contributed by atoms with Crippen LogP contribution in [0, 0.1) is 0 Å². The Morgan fingerprint density at radius 1 is 1.00 bits per heavy atom. The minimum atomic E-state index is -5.74. The summed E-state index contributed by atoms with van der Waals surface area (Å²) in [6.07, 6.45) is -17.3. The quantitative estimate of drug-likeness (QED) is 0.600. The number of halogens is 7. The summed E-state index contributed by atoms with van der Waals surface area (Å²) in [5.74, 6) is 0. The third kappa shape index (κ3) is 6.32. The molecular formula is C19H22ClF6N3O3. The van der Waals surface area contributed by atoms with Crippen molar-refractivity contribution < 1.29 is 40.6 Å². The van der Waals surface area contributed by atoms with Gasteiger partial charge in [-0.05, 0) is 23.8 Å². The summed E-state index contributed by atoms with van der Waals surface area (Å²) >= 11 is 6.15. The molecule has 2 heterocycles. The molecule has 0 aromatic heterocycles. The van der Waals surface area contributed by atoms with E-state index in [1.54, 1.807) is 6.07 Å². The summed E-state index contributed by atoms with van der Waals surface area (Å²) in [5.41, 5.74) is 1.92. The maximum absolute atomic E-state index is 12.6. The van der Waals surface area contributed by atoms with Crippen molar-refractivity contribution in [1.29, 1.82) is 0 Å². The van der Waals surface area contributed by atoms with Crippen molar-refractivity contribution in [2.24, 2.45) is 0 Å². The Hall–Kier alpha value is -1.92. The van der Waals surface area contributed by atoms with E-state index in [1.807, 2.05) is 17.0 Å². The first kappa shape index (κ1) is 24.7. The first-order valence-corrected chi connectivity index (χ1v) is 10.3. The predicted molar refractivity (Wildman–Crippen MR) is 104 cm³/mol. The van der Waals surface area contributed by atoms with E-state index in [0.29, 0.717) is 37.9 Å². The molecule has 0 unspecified atom stereocenters. The van der Waals surface area contributed by atoms with Gasteiger partial charge in [0.1, 0.15) is 0 Å². The normalized spacial score (nSPS) is 18.9. The highest BCUT2D eigenvalue weighted by Gasteiger charge is 2.60. The lowest BCUT2D eigenvalue weighted by Crippen LogP contribution is -2.52. The zero-order valence-electron chi connectivity index (χ0n) is 16.9. The smallest absolute Gasteiger partial charge is 0.426 e. The summed E-state index contributed by atoms with van der Waals surface area (Å²) in [4.78, 5) is 16.9. The standard InChI is InChI=1S/C19H22ClF6N3O3/c20-14-1-2-15(28-7-9-31-10-8-28)13(11-14)12-27-3-5-29(6-4-27)17(30)32-16(18(21,22)23)19(24,25)26/h1-2,11,16H,3-10,12H2. The number of rotatable bonds is 4. The van der Waals surface area contributed by atoms with Crippen LogP contribution in [0.1, 0.15) is 5.56 Å². The molecule has 1 aromatic carbocycles. The van der Waals surface area contributed by atoms with E-state index in [0.717, 1.165) is 16.2 Å². The average molecular weight is 490 g/mol. The Kier molecular flexibility index (Phi) is 7.66. The number of ether oxygens (including phenoxy) is 2. The third-order valence-corrected chi connectivity index (χ3v) is 5.47. The number of anilines is 1. The van der Waals surface area contributed by atoms with E-state index < -0.39 is 24.5 Å². The van der Waals surface area contributed by atoms with Gasteiger partial charge in [-0.2, -0.15) is 26.3 Å². The highest BCUT2D eigenvalue weighted by Crippen LogP contribution is 2.36. The number of piperazine rings is 1. The van der Waals surface area contributed by atoms with Crippen LogP contribution in [0.2, 0.25) is 5.02 Å². The second kappa shape index (κ2) is 9.92. The first-order chi connectivity index (χ1) is 14.9. The number of morpholine rings is 1. The Labute approximate surface area is 185 Å². The Bertz CT molecular complexity index is 779. The molecule has 180 valence electrons. The topological polar surface area (TPSA) is 45.2 Å². The van der Waals surface area contributed by atoms with Gasteiger partial charge in [-0.3, -0.25) is 4.90 Å². The first-order valence-electron chi connectivity index (χ1n) is 9.87. The minimum Gasteiger partial charge on any atom is -0.426 e. The maximum Gasteiger partial charge on any atom is 0.434 e. The lowest BCUT2D eigenvalue weighted by Gasteiger charge is -2.36. The number of carbonyl (C=O) groups excluding carboxylic acids is 1. The SMILES string of the molecule is O=C(OC(C(F)(F)F)C(F)(F)F)N1CCN(Cc2cc(Cl)ccc2N2CCOCC2)CC1. The van der Waals surface area contributed by atoms with E-state index in [4.69, 9.17) is 16.3 Å². The Morgan fingerprint density at radius 2 is 1.59 bits per heavy atom. The van der Waals surface area contributed by atoms with Gasteiger partial charge in [0, 0.05) is 56.5 Å². The van der Waals surface area contributed by atoms with Gasteiger partial charge in [0.25, 0.3) is 6.10 Å². The number of alkyl halides is 6. The molecule has 0 spiro atoms. The summed E-state index contributed by atoms with van der Waals surface area (Å²) < 4.78 is 84.9. The average Bonchev–Trinajstić information content (AvgIpc) is 2.71. The van der Waals surface area contributed by atoms with Gasteiger partial charge >= 0.3 is 18.4 Å². The third-order valence-electron chi connectivity index (χ3n) is 5.23. The highest BCUT2D eigenvalue weighted by atomic mass is 35.5. The van der Waals surface area contributed by atoms with Gasteiger partial charge in [0.15, 0.2) is 0 Å². The minimum absolute atomic E-state index is 0.0608. The highest BCUT2D eigenvalue weighted by molar-refractivity contribution is 6.30. The van der Waals surface area contributed by atoms with Crippen LogP contribution in [-0.2, 0) is 16.0 Å². The molecule has 6 nitrogen and oxygen atoms in total. The van der Waals surface area contributed by atoms with E-state index >= 15 is 0 Å². The second-order valence-electron chi connectivity index (χ2n) is 7.48. The molecule has 3 rings (SSSR count). The van der Waals surface area contributed by atoms with Gasteiger partial charge in [-0.15, -0.1) is 0 Å². The predicted octanol–water partition coefficient (Wildman–Crippen LogP) is 3.92. The van der Waals surface area contributed by atoms with Gasteiger partial charge in [0.2, 0.25) is 0 Å². The van der Waals surface area contributed by atoms with Crippen molar-refractivity contribution in [2.75, 3.05) is 57.4 Å². The number of amides is 1. The monoisotopic (exact) mass is 489 g/mol. The molecule has 1 aromatic rings. The summed E-state index contributed by atoms with van der Waals surface area (Å²) in [6, 6.07) is 5.51. The number of carbonyl (C=O) groups is 1. The molecule has 0 atom stereocenters. The van der Waals surface area contributed by atoms with Gasteiger partial charge in [0.05, 0.1) is 13.2 Å². The molecule has 2 saturated heterocycles. The van der Waals surface area contributed by atoms with Crippen molar-refractivity contribution in [3.63, 3.8) is 0 Å². The fourth-order valence-corrected chi connectivity index (χ4v) is 3.81. The molecule has 13 heteroatoms. The van der Waals surface area contributed by atoms with Gasteiger partial charge < -0.3 is 19.3 Å². The molecule has 0 radical (unpaired) electrons. The lowest BCUT2D eigenvalue weighted by atomic mass is 10.1. The zero-order chi connectivity index (χ0) is 23.5. The number of hydrogen-bond acceptors (Lipinski definition) is 5. The maximum atomic E-state index is 12.6. The van der Waals surface area contributed by atoms with Crippen LogP contribution in [0.4, 0.5) is 36.8 Å². The molecule has 2 aliphatic rings. The Balaban J connectivity index is 1.59. The van der Waals surface area contributed by atoms with Crippen molar-refractivity contribution in [1.82, 2.24) is 9.80 Å². The molecule has 0 aliphatic carbocycles. The van der Waals surface area contributed by atoms with Crippen LogP contribution in [0.25, 0.3) is 0 Å². The summed E-state index contributed by atoms with van der Waals surface area (Å²) in [6.45, 7) is 3.48. The van der Waals surface area contributed by atoms with Crippen LogP contribution in [-0.4, -0.2) is 86.8 Å². The molecule has 2 aliphatic heterocycles. The van der Waals surface area contributed by atoms with Crippen LogP contribution in [0.3, 0.4) is 0 Å². The van der Waals surface area contributed by atoms with E-state index in [2.05, 4.69) is 9.64 Å². The second-order valence-corrected chi connectivity index (χ2v) is 7.92.